The fourth-order valence-corrected chi connectivity index (χ4v) is 4.30. The minimum atomic E-state index is -0.191. The second-order valence-corrected chi connectivity index (χ2v) is 7.60. The minimum Gasteiger partial charge on any atom is -0.454 e. The molecule has 0 radical (unpaired) electrons. The van der Waals surface area contributed by atoms with Gasteiger partial charge in [0.15, 0.2) is 17.2 Å². The fraction of sp³-hybridized carbons (Fsp3) is 0.500. The fourth-order valence-electron chi connectivity index (χ4n) is 4.30. The molecular weight excluding hydrogens is 396 g/mol. The largest absolute Gasteiger partial charge is 0.454 e. The van der Waals surface area contributed by atoms with Crippen LogP contribution in [0.3, 0.4) is 0 Å². The van der Waals surface area contributed by atoms with Gasteiger partial charge in [-0.2, -0.15) is 5.10 Å². The molecule has 3 aliphatic rings. The SMILES string of the molecule is Cl.O=C(NCC1(c2ccc3c(c2)OCO3)CCOCC1)c1n[nH]c2c1CNCC2. The number of fused-ring (bicyclic) bond motifs is 2. The standard InChI is InChI=1S/C20H24N4O4.ClH/c25-19(18-14-10-21-6-3-15(14)23-24-18)22-11-20(4-7-26-8-5-20)13-1-2-16-17(9-13)28-12-27-16;/h1-2,9,21H,3-8,10-12H2,(H,22,25)(H,23,24);1H. The van der Waals surface area contributed by atoms with Crippen LogP contribution < -0.4 is 20.1 Å². The zero-order chi connectivity index (χ0) is 19.0. The Kier molecular flexibility index (Phi) is 5.67. The van der Waals surface area contributed by atoms with Crippen molar-refractivity contribution in [2.24, 2.45) is 0 Å². The van der Waals surface area contributed by atoms with Crippen molar-refractivity contribution in [3.63, 3.8) is 0 Å². The number of aromatic amines is 1. The van der Waals surface area contributed by atoms with Gasteiger partial charge in [-0.05, 0) is 30.5 Å². The van der Waals surface area contributed by atoms with E-state index < -0.39 is 0 Å². The van der Waals surface area contributed by atoms with E-state index in [1.165, 1.54) is 0 Å². The van der Waals surface area contributed by atoms with Gasteiger partial charge in [-0.3, -0.25) is 9.89 Å². The zero-order valence-electron chi connectivity index (χ0n) is 16.1. The van der Waals surface area contributed by atoms with Crippen molar-refractivity contribution >= 4 is 18.3 Å². The molecule has 0 saturated carbocycles. The number of carbonyl (C=O) groups is 1. The molecular formula is C20H25ClN4O4. The van der Waals surface area contributed by atoms with Gasteiger partial charge in [0.2, 0.25) is 6.79 Å². The number of ether oxygens (including phenoxy) is 3. The first-order chi connectivity index (χ1) is 13.8. The summed E-state index contributed by atoms with van der Waals surface area (Å²) < 4.78 is 16.6. The van der Waals surface area contributed by atoms with Crippen LogP contribution in [0.4, 0.5) is 0 Å². The molecule has 0 aliphatic carbocycles. The highest BCUT2D eigenvalue weighted by Crippen LogP contribution is 2.40. The van der Waals surface area contributed by atoms with E-state index in [4.69, 9.17) is 14.2 Å². The third-order valence-electron chi connectivity index (χ3n) is 6.04. The van der Waals surface area contributed by atoms with Gasteiger partial charge in [0.05, 0.1) is 0 Å². The maximum absolute atomic E-state index is 12.9. The molecule has 0 atom stereocenters. The molecule has 1 amide bonds. The van der Waals surface area contributed by atoms with Gasteiger partial charge in [-0.25, -0.2) is 0 Å². The first kappa shape index (κ1) is 20.0. The lowest BCUT2D eigenvalue weighted by atomic mass is 9.74. The van der Waals surface area contributed by atoms with E-state index in [9.17, 15) is 4.79 Å². The van der Waals surface area contributed by atoms with Gasteiger partial charge in [-0.1, -0.05) is 6.07 Å². The third-order valence-corrected chi connectivity index (χ3v) is 6.04. The summed E-state index contributed by atoms with van der Waals surface area (Å²) in [5.74, 6) is 1.40. The lowest BCUT2D eigenvalue weighted by molar-refractivity contribution is 0.0486. The normalized spacial score (nSPS) is 19.2. The predicted octanol–water partition coefficient (Wildman–Crippen LogP) is 1.68. The molecule has 0 bridgehead atoms. The monoisotopic (exact) mass is 420 g/mol. The van der Waals surface area contributed by atoms with Crippen molar-refractivity contribution in [1.29, 1.82) is 0 Å². The van der Waals surface area contributed by atoms with Crippen molar-refractivity contribution in [3.05, 3.63) is 40.7 Å². The molecule has 29 heavy (non-hydrogen) atoms. The molecule has 5 rings (SSSR count). The van der Waals surface area contributed by atoms with Crippen LogP contribution in [0.15, 0.2) is 18.2 Å². The maximum atomic E-state index is 12.9. The number of aromatic nitrogens is 2. The van der Waals surface area contributed by atoms with Crippen LogP contribution in [-0.4, -0.2) is 49.2 Å². The average molecular weight is 421 g/mol. The quantitative estimate of drug-likeness (QED) is 0.696. The van der Waals surface area contributed by atoms with Crippen molar-refractivity contribution in [3.8, 4) is 11.5 Å². The minimum absolute atomic E-state index is 0. The molecule has 0 unspecified atom stereocenters. The van der Waals surface area contributed by atoms with Crippen molar-refractivity contribution < 1.29 is 19.0 Å². The first-order valence-corrected chi connectivity index (χ1v) is 9.78. The van der Waals surface area contributed by atoms with Crippen LogP contribution in [0.1, 0.15) is 40.2 Å². The maximum Gasteiger partial charge on any atom is 0.272 e. The average Bonchev–Trinajstić information content (AvgIpc) is 3.39. The number of carbonyl (C=O) groups excluding carboxylic acids is 1. The second kappa shape index (κ2) is 8.22. The van der Waals surface area contributed by atoms with E-state index in [1.54, 1.807) is 0 Å². The number of benzene rings is 1. The van der Waals surface area contributed by atoms with Crippen LogP contribution >= 0.6 is 12.4 Å². The smallest absolute Gasteiger partial charge is 0.272 e. The number of nitrogens with zero attached hydrogens (tertiary/aromatic N) is 1. The molecule has 3 N–H and O–H groups in total. The Morgan fingerprint density at radius 1 is 1.21 bits per heavy atom. The number of hydrogen-bond donors (Lipinski definition) is 3. The molecule has 1 aromatic heterocycles. The summed E-state index contributed by atoms with van der Waals surface area (Å²) in [7, 11) is 0. The van der Waals surface area contributed by atoms with Crippen LogP contribution in [0.2, 0.25) is 0 Å². The number of rotatable bonds is 4. The topological polar surface area (TPSA) is 97.5 Å². The summed E-state index contributed by atoms with van der Waals surface area (Å²) in [4.78, 5) is 12.9. The Balaban J connectivity index is 0.00000205. The van der Waals surface area contributed by atoms with Gasteiger partial charge in [-0.15, -0.1) is 12.4 Å². The van der Waals surface area contributed by atoms with Gasteiger partial charge >= 0.3 is 0 Å². The van der Waals surface area contributed by atoms with Crippen LogP contribution in [-0.2, 0) is 23.1 Å². The summed E-state index contributed by atoms with van der Waals surface area (Å²) in [5, 5.41) is 13.7. The van der Waals surface area contributed by atoms with Gasteiger partial charge in [0.25, 0.3) is 5.91 Å². The summed E-state index contributed by atoms with van der Waals surface area (Å²) >= 11 is 0. The van der Waals surface area contributed by atoms with E-state index >= 15 is 0 Å². The lowest BCUT2D eigenvalue weighted by Crippen LogP contribution is -2.45. The molecule has 1 aromatic carbocycles. The number of H-pyrrole nitrogens is 1. The molecule has 0 spiro atoms. The van der Waals surface area contributed by atoms with E-state index in [2.05, 4.69) is 26.9 Å². The molecule has 9 heteroatoms. The van der Waals surface area contributed by atoms with Crippen molar-refractivity contribution in [2.45, 2.75) is 31.2 Å². The summed E-state index contributed by atoms with van der Waals surface area (Å²) in [6.07, 6.45) is 2.55. The molecule has 8 nitrogen and oxygen atoms in total. The number of hydrogen-bond acceptors (Lipinski definition) is 6. The van der Waals surface area contributed by atoms with E-state index in [0.29, 0.717) is 32.0 Å². The highest BCUT2D eigenvalue weighted by atomic mass is 35.5. The Bertz CT molecular complexity index is 895. The van der Waals surface area contributed by atoms with Crippen LogP contribution in [0, 0.1) is 0 Å². The van der Waals surface area contributed by atoms with E-state index in [0.717, 1.165) is 54.1 Å². The van der Waals surface area contributed by atoms with Crippen molar-refractivity contribution in [2.75, 3.05) is 33.1 Å². The predicted molar refractivity (Wildman–Crippen MR) is 108 cm³/mol. The van der Waals surface area contributed by atoms with Gasteiger partial charge in [0.1, 0.15) is 0 Å². The number of halogens is 1. The Morgan fingerprint density at radius 2 is 2.03 bits per heavy atom. The molecule has 156 valence electrons. The first-order valence-electron chi connectivity index (χ1n) is 9.78. The molecule has 1 saturated heterocycles. The Morgan fingerprint density at radius 3 is 2.90 bits per heavy atom. The summed E-state index contributed by atoms with van der Waals surface area (Å²) in [6.45, 7) is 3.71. The molecule has 2 aromatic rings. The van der Waals surface area contributed by atoms with Crippen LogP contribution in [0.5, 0.6) is 11.5 Å². The Labute approximate surface area is 175 Å². The molecule has 3 aliphatic heterocycles. The second-order valence-electron chi connectivity index (χ2n) is 7.60. The summed E-state index contributed by atoms with van der Waals surface area (Å²) in [6, 6.07) is 6.07. The highest BCUT2D eigenvalue weighted by molar-refractivity contribution is 5.94. The highest BCUT2D eigenvalue weighted by Gasteiger charge is 2.36. The molecule has 1 fully saturated rings. The lowest BCUT2D eigenvalue weighted by Gasteiger charge is -2.38. The molecule has 4 heterocycles. The number of amides is 1. The van der Waals surface area contributed by atoms with E-state index in [-0.39, 0.29) is 30.5 Å². The third kappa shape index (κ3) is 3.68. The van der Waals surface area contributed by atoms with Crippen molar-refractivity contribution in [1.82, 2.24) is 20.8 Å². The summed E-state index contributed by atoms with van der Waals surface area (Å²) in [5.41, 5.74) is 3.48. The van der Waals surface area contributed by atoms with Gasteiger partial charge < -0.3 is 24.8 Å². The van der Waals surface area contributed by atoms with Gasteiger partial charge in [0, 0.05) is 55.9 Å². The number of nitrogens with one attached hydrogen (secondary N) is 3. The zero-order valence-corrected chi connectivity index (χ0v) is 16.9. The van der Waals surface area contributed by atoms with Crippen LogP contribution in [0.25, 0.3) is 0 Å². The Hall–Kier alpha value is -2.29. The van der Waals surface area contributed by atoms with E-state index in [1.807, 2.05) is 12.1 Å².